The number of amides is 1. The van der Waals surface area contributed by atoms with E-state index < -0.39 is 0 Å². The van der Waals surface area contributed by atoms with Crippen LogP contribution in [0.1, 0.15) is 25.8 Å². The first-order valence-electron chi connectivity index (χ1n) is 9.85. The molecule has 0 unspecified atom stereocenters. The van der Waals surface area contributed by atoms with Crippen LogP contribution in [-0.4, -0.2) is 60.0 Å². The number of pyridine rings is 2. The van der Waals surface area contributed by atoms with Gasteiger partial charge in [-0.2, -0.15) is 0 Å². The summed E-state index contributed by atoms with van der Waals surface area (Å²) in [5.41, 5.74) is 1.17. The summed E-state index contributed by atoms with van der Waals surface area (Å²) in [5.74, 6) is 2.22. The van der Waals surface area contributed by atoms with E-state index in [1.807, 2.05) is 41.6 Å². The van der Waals surface area contributed by atoms with Crippen LogP contribution >= 0.6 is 0 Å². The predicted molar refractivity (Wildman–Crippen MR) is 109 cm³/mol. The third-order valence-corrected chi connectivity index (χ3v) is 5.13. The van der Waals surface area contributed by atoms with Crippen LogP contribution in [0.25, 0.3) is 0 Å². The van der Waals surface area contributed by atoms with Gasteiger partial charge in [0.05, 0.1) is 0 Å². The number of carbonyl (C=O) groups excluding carboxylic acids is 1. The number of rotatable bonds is 7. The largest absolute Gasteiger partial charge is 0.357 e. The summed E-state index contributed by atoms with van der Waals surface area (Å²) in [7, 11) is 0. The Bertz CT molecular complexity index is 724. The minimum Gasteiger partial charge on any atom is -0.357 e. The molecule has 3 heterocycles. The molecule has 144 valence electrons. The van der Waals surface area contributed by atoms with Crippen LogP contribution in [0.5, 0.6) is 0 Å². The normalized spacial score (nSPS) is 14.3. The highest BCUT2D eigenvalue weighted by molar-refractivity contribution is 5.76. The first-order valence-corrected chi connectivity index (χ1v) is 9.85. The molecule has 0 spiro atoms. The van der Waals surface area contributed by atoms with Crippen LogP contribution in [-0.2, 0) is 11.2 Å². The lowest BCUT2D eigenvalue weighted by atomic mass is 10.1. The van der Waals surface area contributed by atoms with Gasteiger partial charge in [0.1, 0.15) is 11.6 Å². The van der Waals surface area contributed by atoms with Crippen LogP contribution in [0.15, 0.2) is 42.7 Å². The fourth-order valence-electron chi connectivity index (χ4n) is 3.47. The summed E-state index contributed by atoms with van der Waals surface area (Å²) >= 11 is 0. The molecule has 0 atom stereocenters. The van der Waals surface area contributed by atoms with Crippen LogP contribution in [0, 0.1) is 0 Å². The molecular formula is C21H29N5O. The van der Waals surface area contributed by atoms with Gasteiger partial charge in [-0.05, 0) is 50.1 Å². The van der Waals surface area contributed by atoms with Gasteiger partial charge in [-0.25, -0.2) is 9.97 Å². The smallest absolute Gasteiger partial charge is 0.223 e. The van der Waals surface area contributed by atoms with Crippen molar-refractivity contribution < 1.29 is 4.79 Å². The van der Waals surface area contributed by atoms with Crippen molar-refractivity contribution in [2.75, 3.05) is 49.1 Å². The van der Waals surface area contributed by atoms with Gasteiger partial charge in [0.2, 0.25) is 5.91 Å². The lowest BCUT2D eigenvalue weighted by Crippen LogP contribution is -2.49. The molecule has 0 N–H and O–H groups in total. The van der Waals surface area contributed by atoms with Crippen LogP contribution in [0.2, 0.25) is 0 Å². The standard InChI is InChI=1S/C21H29N5O/c1-3-24(4-2)20-17-18(10-12-23-20)8-9-21(27)26-15-13-25(14-16-26)19-7-5-6-11-22-19/h5-7,10-12,17H,3-4,8-9,13-16H2,1-2H3. The van der Waals surface area contributed by atoms with Crippen LogP contribution in [0.4, 0.5) is 11.6 Å². The van der Waals surface area contributed by atoms with Gasteiger partial charge in [0.15, 0.2) is 0 Å². The summed E-state index contributed by atoms with van der Waals surface area (Å²) in [6.07, 6.45) is 4.97. The van der Waals surface area contributed by atoms with Crippen LogP contribution in [0.3, 0.4) is 0 Å². The summed E-state index contributed by atoms with van der Waals surface area (Å²) in [6, 6.07) is 10.1. The van der Waals surface area contributed by atoms with Crippen molar-refractivity contribution in [1.29, 1.82) is 0 Å². The maximum atomic E-state index is 12.6. The molecule has 1 fully saturated rings. The number of hydrogen-bond donors (Lipinski definition) is 0. The molecule has 2 aromatic rings. The molecule has 0 radical (unpaired) electrons. The zero-order valence-corrected chi connectivity index (χ0v) is 16.3. The maximum Gasteiger partial charge on any atom is 0.223 e. The molecule has 1 amide bonds. The zero-order valence-electron chi connectivity index (χ0n) is 16.3. The Morgan fingerprint density at radius 1 is 1.04 bits per heavy atom. The van der Waals surface area contributed by atoms with Gasteiger partial charge in [0.25, 0.3) is 0 Å². The average molecular weight is 367 g/mol. The number of aromatic nitrogens is 2. The van der Waals surface area contributed by atoms with Gasteiger partial charge < -0.3 is 14.7 Å². The molecule has 0 saturated carbocycles. The van der Waals surface area contributed by atoms with Crippen molar-refractivity contribution in [2.24, 2.45) is 0 Å². The molecule has 6 heteroatoms. The van der Waals surface area contributed by atoms with Gasteiger partial charge >= 0.3 is 0 Å². The lowest BCUT2D eigenvalue weighted by molar-refractivity contribution is -0.131. The Balaban J connectivity index is 1.50. The van der Waals surface area contributed by atoms with Crippen molar-refractivity contribution in [1.82, 2.24) is 14.9 Å². The Kier molecular flexibility index (Phi) is 6.63. The predicted octanol–water partition coefficient (Wildman–Crippen LogP) is 2.60. The molecule has 0 aromatic carbocycles. The topological polar surface area (TPSA) is 52.6 Å². The van der Waals surface area contributed by atoms with E-state index in [4.69, 9.17) is 0 Å². The van der Waals surface area contributed by atoms with Crippen molar-refractivity contribution in [3.8, 4) is 0 Å². The SMILES string of the molecule is CCN(CC)c1cc(CCC(=O)N2CCN(c3ccccn3)CC2)ccn1. The number of aryl methyl sites for hydroxylation is 1. The molecule has 1 aliphatic heterocycles. The van der Waals surface area contributed by atoms with Crippen molar-refractivity contribution in [3.05, 3.63) is 48.3 Å². The van der Waals surface area contributed by atoms with E-state index in [0.717, 1.165) is 57.3 Å². The molecule has 27 heavy (non-hydrogen) atoms. The summed E-state index contributed by atoms with van der Waals surface area (Å²) in [5, 5.41) is 0. The molecule has 0 aliphatic carbocycles. The quantitative estimate of drug-likeness (QED) is 0.753. The maximum absolute atomic E-state index is 12.6. The van der Waals surface area contributed by atoms with Crippen molar-refractivity contribution >= 4 is 17.5 Å². The number of anilines is 2. The molecular weight excluding hydrogens is 338 g/mol. The second kappa shape index (κ2) is 9.35. The third-order valence-electron chi connectivity index (χ3n) is 5.13. The van der Waals surface area contributed by atoms with E-state index in [2.05, 4.69) is 39.7 Å². The van der Waals surface area contributed by atoms with Gasteiger partial charge in [-0.1, -0.05) is 6.07 Å². The second-order valence-electron chi connectivity index (χ2n) is 6.75. The van der Waals surface area contributed by atoms with E-state index in [1.54, 1.807) is 0 Å². The number of carbonyl (C=O) groups is 1. The zero-order chi connectivity index (χ0) is 19.1. The van der Waals surface area contributed by atoms with Gasteiger partial charge in [0, 0.05) is 58.1 Å². The second-order valence-corrected chi connectivity index (χ2v) is 6.75. The molecule has 3 rings (SSSR count). The highest BCUT2D eigenvalue weighted by Gasteiger charge is 2.21. The fraction of sp³-hybridized carbons (Fsp3) is 0.476. The fourth-order valence-corrected chi connectivity index (χ4v) is 3.47. The minimum absolute atomic E-state index is 0.233. The molecule has 1 saturated heterocycles. The summed E-state index contributed by atoms with van der Waals surface area (Å²) < 4.78 is 0. The highest BCUT2D eigenvalue weighted by Crippen LogP contribution is 2.16. The molecule has 2 aromatic heterocycles. The minimum atomic E-state index is 0.233. The number of piperazine rings is 1. The monoisotopic (exact) mass is 367 g/mol. The van der Waals surface area contributed by atoms with E-state index in [9.17, 15) is 4.79 Å². The third kappa shape index (κ3) is 4.96. The van der Waals surface area contributed by atoms with E-state index in [0.29, 0.717) is 6.42 Å². The summed E-state index contributed by atoms with van der Waals surface area (Å²) in [4.78, 5) is 27.9. The van der Waals surface area contributed by atoms with Gasteiger partial charge in [-0.15, -0.1) is 0 Å². The van der Waals surface area contributed by atoms with Crippen LogP contribution < -0.4 is 9.80 Å². The number of hydrogen-bond acceptors (Lipinski definition) is 5. The highest BCUT2D eigenvalue weighted by atomic mass is 16.2. The van der Waals surface area contributed by atoms with Crippen molar-refractivity contribution in [3.63, 3.8) is 0 Å². The van der Waals surface area contributed by atoms with E-state index in [1.165, 1.54) is 5.56 Å². The van der Waals surface area contributed by atoms with E-state index >= 15 is 0 Å². The number of nitrogens with zero attached hydrogens (tertiary/aromatic N) is 5. The Morgan fingerprint density at radius 2 is 1.81 bits per heavy atom. The average Bonchev–Trinajstić information content (AvgIpc) is 2.74. The molecule has 6 nitrogen and oxygen atoms in total. The first-order chi connectivity index (χ1) is 13.2. The molecule has 0 bridgehead atoms. The Morgan fingerprint density at radius 3 is 2.48 bits per heavy atom. The first kappa shape index (κ1) is 19.1. The van der Waals surface area contributed by atoms with E-state index in [-0.39, 0.29) is 5.91 Å². The van der Waals surface area contributed by atoms with Crippen molar-refractivity contribution in [2.45, 2.75) is 26.7 Å². The lowest BCUT2D eigenvalue weighted by Gasteiger charge is -2.35. The summed E-state index contributed by atoms with van der Waals surface area (Å²) in [6.45, 7) is 9.33. The Hall–Kier alpha value is -2.63. The van der Waals surface area contributed by atoms with Gasteiger partial charge in [-0.3, -0.25) is 4.79 Å². The Labute approximate surface area is 161 Å². The molecule has 1 aliphatic rings.